The Morgan fingerprint density at radius 2 is 1.88 bits per heavy atom. The van der Waals surface area contributed by atoms with Crippen LogP contribution in [0.4, 0.5) is 0 Å². The van der Waals surface area contributed by atoms with Crippen molar-refractivity contribution in [1.82, 2.24) is 15.1 Å². The fraction of sp³-hybridized carbons (Fsp3) is 0.947. The first-order chi connectivity index (χ1) is 12.2. The van der Waals surface area contributed by atoms with Crippen LogP contribution in [-0.2, 0) is 9.47 Å². The molecule has 2 rings (SSSR count). The molecule has 0 aromatic rings. The van der Waals surface area contributed by atoms with E-state index in [1.54, 1.807) is 0 Å². The molecule has 0 saturated carbocycles. The van der Waals surface area contributed by atoms with Crippen LogP contribution in [0.1, 0.15) is 40.0 Å². The molecule has 2 heterocycles. The predicted molar refractivity (Wildman–Crippen MR) is 119 cm³/mol. The number of rotatable bonds is 8. The van der Waals surface area contributed by atoms with Crippen molar-refractivity contribution in [1.29, 1.82) is 0 Å². The van der Waals surface area contributed by atoms with Gasteiger partial charge in [0.05, 0.1) is 6.10 Å². The van der Waals surface area contributed by atoms with Crippen LogP contribution in [-0.4, -0.2) is 87.5 Å². The quantitative estimate of drug-likeness (QED) is 0.249. The number of aliphatic imine (C=N–C) groups is 1. The molecule has 1 N–H and O–H groups in total. The third kappa shape index (κ3) is 9.19. The van der Waals surface area contributed by atoms with E-state index in [4.69, 9.17) is 14.5 Å². The number of nitrogens with zero attached hydrogens (tertiary/aromatic N) is 3. The smallest absolute Gasteiger partial charge is 0.194 e. The van der Waals surface area contributed by atoms with Crippen LogP contribution in [0.5, 0.6) is 0 Å². The van der Waals surface area contributed by atoms with E-state index in [1.807, 2.05) is 0 Å². The summed E-state index contributed by atoms with van der Waals surface area (Å²) in [5.74, 6) is 1.81. The molecular formula is C19H39IN4O2. The average molecular weight is 482 g/mol. The van der Waals surface area contributed by atoms with E-state index in [9.17, 15) is 0 Å². The van der Waals surface area contributed by atoms with Crippen LogP contribution in [0.25, 0.3) is 0 Å². The fourth-order valence-electron chi connectivity index (χ4n) is 3.43. The van der Waals surface area contributed by atoms with Crippen molar-refractivity contribution >= 4 is 29.9 Å². The second-order valence-electron chi connectivity index (χ2n) is 7.45. The monoisotopic (exact) mass is 482 g/mol. The van der Waals surface area contributed by atoms with E-state index in [2.05, 4.69) is 35.9 Å². The molecule has 7 heteroatoms. The molecule has 0 amide bonds. The van der Waals surface area contributed by atoms with Gasteiger partial charge in [-0.25, -0.2) is 0 Å². The van der Waals surface area contributed by atoms with Crippen LogP contribution in [0.3, 0.4) is 0 Å². The minimum atomic E-state index is 0. The highest BCUT2D eigenvalue weighted by atomic mass is 127. The first kappa shape index (κ1) is 23.9. The highest BCUT2D eigenvalue weighted by Crippen LogP contribution is 2.11. The van der Waals surface area contributed by atoms with Gasteiger partial charge in [0.25, 0.3) is 0 Å². The SMILES string of the molecule is CCNC(=NCCCOC1CCOCC1)N1CCN(CC(C)C)CC1.I. The lowest BCUT2D eigenvalue weighted by atomic mass is 10.1. The van der Waals surface area contributed by atoms with Gasteiger partial charge in [0.2, 0.25) is 0 Å². The third-order valence-corrected chi connectivity index (χ3v) is 4.72. The Bertz CT molecular complexity index is 382. The van der Waals surface area contributed by atoms with Gasteiger partial charge in [0.15, 0.2) is 5.96 Å². The maximum absolute atomic E-state index is 5.93. The van der Waals surface area contributed by atoms with Gasteiger partial charge in [-0.05, 0) is 32.1 Å². The van der Waals surface area contributed by atoms with Crippen molar-refractivity contribution in [3.63, 3.8) is 0 Å². The van der Waals surface area contributed by atoms with Crippen molar-refractivity contribution < 1.29 is 9.47 Å². The largest absolute Gasteiger partial charge is 0.381 e. The highest BCUT2D eigenvalue weighted by Gasteiger charge is 2.20. The third-order valence-electron chi connectivity index (χ3n) is 4.72. The molecular weight excluding hydrogens is 443 g/mol. The second-order valence-corrected chi connectivity index (χ2v) is 7.45. The topological polar surface area (TPSA) is 49.3 Å². The van der Waals surface area contributed by atoms with Crippen molar-refractivity contribution in [2.45, 2.75) is 46.1 Å². The van der Waals surface area contributed by atoms with E-state index in [-0.39, 0.29) is 24.0 Å². The van der Waals surface area contributed by atoms with Crippen LogP contribution in [0.15, 0.2) is 4.99 Å². The standard InChI is InChI=1S/C19H38N4O2.HI/c1-4-20-19(23-11-9-22(10-12-23)16-17(2)3)21-8-5-13-25-18-6-14-24-15-7-18;/h17-18H,4-16H2,1-3H3,(H,20,21);1H. The van der Waals surface area contributed by atoms with Crippen LogP contribution in [0.2, 0.25) is 0 Å². The number of nitrogens with one attached hydrogen (secondary N) is 1. The van der Waals surface area contributed by atoms with Gasteiger partial charge in [-0.1, -0.05) is 13.8 Å². The van der Waals surface area contributed by atoms with Gasteiger partial charge in [0.1, 0.15) is 0 Å². The molecule has 0 radical (unpaired) electrons. The maximum Gasteiger partial charge on any atom is 0.194 e. The first-order valence-corrected chi connectivity index (χ1v) is 10.1. The minimum absolute atomic E-state index is 0. The fourth-order valence-corrected chi connectivity index (χ4v) is 3.43. The number of hydrogen-bond donors (Lipinski definition) is 1. The van der Waals surface area contributed by atoms with Crippen molar-refractivity contribution in [3.05, 3.63) is 0 Å². The van der Waals surface area contributed by atoms with E-state index in [1.165, 1.54) is 6.54 Å². The average Bonchev–Trinajstić information content (AvgIpc) is 2.62. The summed E-state index contributed by atoms with van der Waals surface area (Å²) in [4.78, 5) is 9.78. The van der Waals surface area contributed by atoms with Crippen LogP contribution < -0.4 is 5.32 Å². The Hall–Kier alpha value is -0.120. The van der Waals surface area contributed by atoms with Crippen molar-refractivity contribution in [2.75, 3.05) is 65.6 Å². The number of hydrogen-bond acceptors (Lipinski definition) is 4. The Labute approximate surface area is 177 Å². The lowest BCUT2D eigenvalue weighted by molar-refractivity contribution is -0.0318. The lowest BCUT2D eigenvalue weighted by Gasteiger charge is -2.37. The van der Waals surface area contributed by atoms with Gasteiger partial charge in [-0.3, -0.25) is 9.89 Å². The molecule has 2 aliphatic rings. The molecule has 0 bridgehead atoms. The predicted octanol–water partition coefficient (Wildman–Crippen LogP) is 2.43. The van der Waals surface area contributed by atoms with E-state index in [0.717, 1.165) is 90.2 Å². The van der Waals surface area contributed by atoms with E-state index < -0.39 is 0 Å². The summed E-state index contributed by atoms with van der Waals surface area (Å²) in [5.41, 5.74) is 0. The summed E-state index contributed by atoms with van der Waals surface area (Å²) < 4.78 is 11.3. The number of ether oxygens (including phenoxy) is 2. The van der Waals surface area contributed by atoms with Crippen molar-refractivity contribution in [3.8, 4) is 0 Å². The lowest BCUT2D eigenvalue weighted by Crippen LogP contribution is -2.53. The normalized spacial score (nSPS) is 20.3. The molecule has 26 heavy (non-hydrogen) atoms. The number of piperazine rings is 1. The molecule has 0 atom stereocenters. The maximum atomic E-state index is 5.93. The highest BCUT2D eigenvalue weighted by molar-refractivity contribution is 14.0. The van der Waals surface area contributed by atoms with Crippen molar-refractivity contribution in [2.24, 2.45) is 10.9 Å². The molecule has 6 nitrogen and oxygen atoms in total. The molecule has 154 valence electrons. The summed E-state index contributed by atoms with van der Waals surface area (Å²) in [6.45, 7) is 16.6. The summed E-state index contributed by atoms with van der Waals surface area (Å²) in [5, 5.41) is 3.45. The summed E-state index contributed by atoms with van der Waals surface area (Å²) in [7, 11) is 0. The van der Waals surface area contributed by atoms with E-state index >= 15 is 0 Å². The Morgan fingerprint density at radius 3 is 2.50 bits per heavy atom. The Kier molecular flexibility index (Phi) is 12.8. The Balaban J connectivity index is 0.00000338. The summed E-state index contributed by atoms with van der Waals surface area (Å²) in [6.07, 6.45) is 3.44. The number of guanidine groups is 1. The molecule has 2 saturated heterocycles. The zero-order chi connectivity index (χ0) is 17.9. The molecule has 0 aliphatic carbocycles. The van der Waals surface area contributed by atoms with Crippen LogP contribution >= 0.6 is 24.0 Å². The zero-order valence-electron chi connectivity index (χ0n) is 16.9. The van der Waals surface area contributed by atoms with Gasteiger partial charge >= 0.3 is 0 Å². The van der Waals surface area contributed by atoms with E-state index in [0.29, 0.717) is 6.10 Å². The first-order valence-electron chi connectivity index (χ1n) is 10.1. The molecule has 0 spiro atoms. The minimum Gasteiger partial charge on any atom is -0.381 e. The molecule has 0 aromatic heterocycles. The second kappa shape index (κ2) is 14.0. The van der Waals surface area contributed by atoms with Gasteiger partial charge < -0.3 is 19.7 Å². The van der Waals surface area contributed by atoms with Crippen LogP contribution in [0, 0.1) is 5.92 Å². The Morgan fingerprint density at radius 1 is 1.19 bits per heavy atom. The van der Waals surface area contributed by atoms with Gasteiger partial charge in [0, 0.05) is 65.6 Å². The molecule has 0 unspecified atom stereocenters. The number of halogens is 1. The summed E-state index contributed by atoms with van der Waals surface area (Å²) in [6, 6.07) is 0. The molecule has 0 aromatic carbocycles. The van der Waals surface area contributed by atoms with Gasteiger partial charge in [-0.2, -0.15) is 0 Å². The molecule has 2 aliphatic heterocycles. The van der Waals surface area contributed by atoms with Gasteiger partial charge in [-0.15, -0.1) is 24.0 Å². The molecule has 2 fully saturated rings. The summed E-state index contributed by atoms with van der Waals surface area (Å²) >= 11 is 0. The zero-order valence-corrected chi connectivity index (χ0v) is 19.2.